The van der Waals surface area contributed by atoms with Gasteiger partial charge in [0.15, 0.2) is 0 Å². The fourth-order valence-electron chi connectivity index (χ4n) is 1.83. The van der Waals surface area contributed by atoms with Gasteiger partial charge >= 0.3 is 0 Å². The fraction of sp³-hybridized carbons (Fsp3) is 0.500. The molecule has 1 fully saturated rings. The van der Waals surface area contributed by atoms with Crippen molar-refractivity contribution in [3.8, 4) is 0 Å². The highest BCUT2D eigenvalue weighted by Crippen LogP contribution is 2.32. The molecule has 0 saturated heterocycles. The summed E-state index contributed by atoms with van der Waals surface area (Å²) in [5.74, 6) is 0.728. The van der Waals surface area contributed by atoms with Crippen molar-refractivity contribution in [2.45, 2.75) is 26.2 Å². The second kappa shape index (κ2) is 5.87. The van der Waals surface area contributed by atoms with Crippen molar-refractivity contribution in [3.05, 3.63) is 23.8 Å². The Hall–Kier alpha value is -1.55. The van der Waals surface area contributed by atoms with Gasteiger partial charge in [-0.05, 0) is 43.0 Å². The van der Waals surface area contributed by atoms with Crippen molar-refractivity contribution < 1.29 is 9.53 Å². The van der Waals surface area contributed by atoms with Crippen molar-refractivity contribution in [2.24, 2.45) is 5.92 Å². The number of nitrogens with one attached hydrogen (secondary N) is 1. The first-order valence-electron chi connectivity index (χ1n) is 6.39. The molecule has 3 N–H and O–H groups in total. The van der Waals surface area contributed by atoms with Crippen LogP contribution in [0, 0.1) is 12.8 Å². The van der Waals surface area contributed by atoms with Crippen molar-refractivity contribution in [1.29, 1.82) is 0 Å². The van der Waals surface area contributed by atoms with Gasteiger partial charge in [-0.2, -0.15) is 0 Å². The molecule has 0 aromatic heterocycles. The number of amides is 1. The van der Waals surface area contributed by atoms with Crippen LogP contribution in [0.5, 0.6) is 0 Å². The zero-order chi connectivity index (χ0) is 13.0. The summed E-state index contributed by atoms with van der Waals surface area (Å²) < 4.78 is 5.35. The van der Waals surface area contributed by atoms with Crippen LogP contribution < -0.4 is 11.1 Å². The molecule has 1 saturated carbocycles. The molecule has 0 bridgehead atoms. The molecule has 18 heavy (non-hydrogen) atoms. The summed E-state index contributed by atoms with van der Waals surface area (Å²) in [6.07, 6.45) is 3.72. The average Bonchev–Trinajstić information content (AvgIpc) is 3.12. The van der Waals surface area contributed by atoms with Gasteiger partial charge in [0, 0.05) is 18.0 Å². The van der Waals surface area contributed by atoms with Crippen LogP contribution in [0.1, 0.15) is 24.8 Å². The van der Waals surface area contributed by atoms with E-state index in [0.29, 0.717) is 12.3 Å². The third-order valence-corrected chi connectivity index (χ3v) is 3.13. The average molecular weight is 248 g/mol. The molecule has 4 nitrogen and oxygen atoms in total. The smallest absolute Gasteiger partial charge is 0.250 e. The number of benzene rings is 1. The first kappa shape index (κ1) is 12.9. The number of ether oxygens (including phenoxy) is 1. The standard InChI is InChI=1S/C14H20N2O2/c1-10-8-12(15)4-5-13(10)16-14(17)9-18-7-6-11-2-3-11/h4-5,8,11H,2-3,6-7,9,15H2,1H3,(H,16,17). The lowest BCUT2D eigenvalue weighted by Gasteiger charge is -2.09. The molecule has 98 valence electrons. The number of hydrogen-bond acceptors (Lipinski definition) is 3. The normalized spacial score (nSPS) is 14.5. The van der Waals surface area contributed by atoms with Gasteiger partial charge < -0.3 is 15.8 Å². The van der Waals surface area contributed by atoms with Crippen LogP contribution in [0.15, 0.2) is 18.2 Å². The first-order valence-corrected chi connectivity index (χ1v) is 6.39. The van der Waals surface area contributed by atoms with E-state index < -0.39 is 0 Å². The molecule has 0 atom stereocenters. The van der Waals surface area contributed by atoms with E-state index in [4.69, 9.17) is 10.5 Å². The maximum absolute atomic E-state index is 11.6. The molecular weight excluding hydrogens is 228 g/mol. The van der Waals surface area contributed by atoms with Crippen molar-refractivity contribution in [2.75, 3.05) is 24.3 Å². The van der Waals surface area contributed by atoms with Crippen LogP contribution in [0.25, 0.3) is 0 Å². The number of nitrogen functional groups attached to an aromatic ring is 1. The van der Waals surface area contributed by atoms with Crippen LogP contribution >= 0.6 is 0 Å². The van der Waals surface area contributed by atoms with E-state index in [9.17, 15) is 4.79 Å². The lowest BCUT2D eigenvalue weighted by Crippen LogP contribution is -2.19. The predicted molar refractivity (Wildman–Crippen MR) is 72.4 cm³/mol. The minimum atomic E-state index is -0.112. The number of rotatable bonds is 6. The Morgan fingerprint density at radius 3 is 2.94 bits per heavy atom. The third kappa shape index (κ3) is 4.04. The highest BCUT2D eigenvalue weighted by atomic mass is 16.5. The molecule has 1 aromatic rings. The lowest BCUT2D eigenvalue weighted by molar-refractivity contribution is -0.120. The first-order chi connectivity index (χ1) is 8.65. The van der Waals surface area contributed by atoms with Crippen LogP contribution in [0.3, 0.4) is 0 Å². The zero-order valence-corrected chi connectivity index (χ0v) is 10.7. The van der Waals surface area contributed by atoms with Crippen molar-refractivity contribution >= 4 is 17.3 Å². The fourth-order valence-corrected chi connectivity index (χ4v) is 1.83. The van der Waals surface area contributed by atoms with Crippen LogP contribution in [-0.2, 0) is 9.53 Å². The number of aryl methyl sites for hydroxylation is 1. The second-order valence-corrected chi connectivity index (χ2v) is 4.91. The van der Waals surface area contributed by atoms with Gasteiger partial charge in [-0.15, -0.1) is 0 Å². The summed E-state index contributed by atoms with van der Waals surface area (Å²) in [4.78, 5) is 11.6. The van der Waals surface area contributed by atoms with Gasteiger partial charge in [0.05, 0.1) is 0 Å². The van der Waals surface area contributed by atoms with E-state index in [1.807, 2.05) is 19.1 Å². The third-order valence-electron chi connectivity index (χ3n) is 3.13. The van der Waals surface area contributed by atoms with Crippen molar-refractivity contribution in [1.82, 2.24) is 0 Å². The number of carbonyl (C=O) groups excluding carboxylic acids is 1. The Kier molecular flexibility index (Phi) is 4.20. The Labute approximate surface area is 108 Å². The molecule has 1 aromatic carbocycles. The highest BCUT2D eigenvalue weighted by Gasteiger charge is 2.20. The van der Waals surface area contributed by atoms with Crippen molar-refractivity contribution in [3.63, 3.8) is 0 Å². The van der Waals surface area contributed by atoms with Gasteiger partial charge in [-0.1, -0.05) is 12.8 Å². The maximum atomic E-state index is 11.6. The molecule has 0 heterocycles. The van der Waals surface area contributed by atoms with E-state index in [1.54, 1.807) is 6.07 Å². The van der Waals surface area contributed by atoms with Crippen LogP contribution in [0.2, 0.25) is 0 Å². The largest absolute Gasteiger partial charge is 0.399 e. The number of nitrogens with two attached hydrogens (primary N) is 1. The van der Waals surface area contributed by atoms with E-state index in [2.05, 4.69) is 5.32 Å². The summed E-state index contributed by atoms with van der Waals surface area (Å²) in [6, 6.07) is 5.42. The van der Waals surface area contributed by atoms with E-state index >= 15 is 0 Å². The Bertz CT molecular complexity index is 428. The summed E-state index contributed by atoms with van der Waals surface area (Å²) in [5.41, 5.74) is 8.10. The van der Waals surface area contributed by atoms with Gasteiger partial charge in [-0.3, -0.25) is 4.79 Å². The van der Waals surface area contributed by atoms with E-state index in [1.165, 1.54) is 12.8 Å². The summed E-state index contributed by atoms with van der Waals surface area (Å²) >= 11 is 0. The molecule has 1 aliphatic rings. The number of carbonyl (C=O) groups is 1. The molecule has 0 radical (unpaired) electrons. The molecule has 1 amide bonds. The number of anilines is 2. The summed E-state index contributed by atoms with van der Waals surface area (Å²) in [5, 5.41) is 2.82. The summed E-state index contributed by atoms with van der Waals surface area (Å²) in [7, 11) is 0. The molecule has 0 aliphatic heterocycles. The number of hydrogen-bond donors (Lipinski definition) is 2. The quantitative estimate of drug-likeness (QED) is 0.600. The minimum Gasteiger partial charge on any atom is -0.399 e. The molecule has 0 unspecified atom stereocenters. The monoisotopic (exact) mass is 248 g/mol. The van der Waals surface area contributed by atoms with Gasteiger partial charge in [-0.25, -0.2) is 0 Å². The van der Waals surface area contributed by atoms with Gasteiger partial charge in [0.1, 0.15) is 6.61 Å². The van der Waals surface area contributed by atoms with E-state index in [-0.39, 0.29) is 12.5 Å². The predicted octanol–water partition coefficient (Wildman–Crippen LogP) is 2.33. The Morgan fingerprint density at radius 2 is 2.28 bits per heavy atom. The van der Waals surface area contributed by atoms with E-state index in [0.717, 1.165) is 23.6 Å². The zero-order valence-electron chi connectivity index (χ0n) is 10.7. The van der Waals surface area contributed by atoms with Gasteiger partial charge in [0.2, 0.25) is 5.91 Å². The van der Waals surface area contributed by atoms with Gasteiger partial charge in [0.25, 0.3) is 0 Å². The lowest BCUT2D eigenvalue weighted by atomic mass is 10.2. The Morgan fingerprint density at radius 1 is 1.50 bits per heavy atom. The molecular formula is C14H20N2O2. The Balaban J connectivity index is 1.71. The molecule has 0 spiro atoms. The highest BCUT2D eigenvalue weighted by molar-refractivity contribution is 5.92. The second-order valence-electron chi connectivity index (χ2n) is 4.91. The van der Waals surface area contributed by atoms with Crippen LogP contribution in [0.4, 0.5) is 11.4 Å². The topological polar surface area (TPSA) is 64.3 Å². The minimum absolute atomic E-state index is 0.112. The molecule has 4 heteroatoms. The molecule has 2 rings (SSSR count). The maximum Gasteiger partial charge on any atom is 0.250 e. The molecule has 1 aliphatic carbocycles. The SMILES string of the molecule is Cc1cc(N)ccc1NC(=O)COCCC1CC1. The summed E-state index contributed by atoms with van der Waals surface area (Å²) in [6.45, 7) is 2.72. The van der Waals surface area contributed by atoms with Crippen LogP contribution in [-0.4, -0.2) is 19.1 Å².